The quantitative estimate of drug-likeness (QED) is 0.750. The van der Waals surface area contributed by atoms with Crippen LogP contribution in [0.5, 0.6) is 0 Å². The van der Waals surface area contributed by atoms with Gasteiger partial charge in [-0.05, 0) is 43.2 Å². The van der Waals surface area contributed by atoms with Gasteiger partial charge < -0.3 is 10.4 Å². The predicted octanol–water partition coefficient (Wildman–Crippen LogP) is 1.63. The molecule has 1 aliphatic carbocycles. The van der Waals surface area contributed by atoms with Crippen molar-refractivity contribution in [1.29, 1.82) is 0 Å². The highest BCUT2D eigenvalue weighted by molar-refractivity contribution is 7.99. The van der Waals surface area contributed by atoms with Gasteiger partial charge >= 0.3 is 0 Å². The molecule has 0 radical (unpaired) electrons. The monoisotopic (exact) mass is 215 g/mol. The highest BCUT2D eigenvalue weighted by atomic mass is 32.2. The van der Waals surface area contributed by atoms with E-state index in [1.807, 2.05) is 0 Å². The van der Waals surface area contributed by atoms with Crippen LogP contribution in [0.15, 0.2) is 0 Å². The van der Waals surface area contributed by atoms with Crippen LogP contribution in [-0.4, -0.2) is 35.3 Å². The third-order valence-corrected chi connectivity index (χ3v) is 4.65. The summed E-state index contributed by atoms with van der Waals surface area (Å²) in [5.74, 6) is 3.50. The van der Waals surface area contributed by atoms with Crippen molar-refractivity contribution in [2.75, 3.05) is 18.1 Å². The predicted molar refractivity (Wildman–Crippen MR) is 61.7 cm³/mol. The van der Waals surface area contributed by atoms with Gasteiger partial charge in [0.15, 0.2) is 0 Å². The molecule has 0 aromatic rings. The van der Waals surface area contributed by atoms with Crippen molar-refractivity contribution in [2.45, 2.75) is 44.2 Å². The molecule has 0 spiro atoms. The lowest BCUT2D eigenvalue weighted by Crippen LogP contribution is -2.43. The molecule has 2 N–H and O–H groups in total. The first-order valence-corrected chi connectivity index (χ1v) is 7.01. The first-order valence-electron chi connectivity index (χ1n) is 5.85. The molecule has 1 heterocycles. The zero-order valence-electron chi connectivity index (χ0n) is 8.74. The molecule has 1 saturated heterocycles. The molecule has 2 nitrogen and oxygen atoms in total. The average Bonchev–Trinajstić information content (AvgIpc) is 2.69. The molecular weight excluding hydrogens is 194 g/mol. The highest BCUT2D eigenvalue weighted by Crippen LogP contribution is 2.24. The Morgan fingerprint density at radius 1 is 1.21 bits per heavy atom. The molecule has 3 heteroatoms. The Hall–Kier alpha value is 0.270. The summed E-state index contributed by atoms with van der Waals surface area (Å²) in [5.41, 5.74) is 0. The molecule has 0 aromatic heterocycles. The zero-order valence-corrected chi connectivity index (χ0v) is 9.56. The van der Waals surface area contributed by atoms with Crippen LogP contribution >= 0.6 is 11.8 Å². The smallest absolute Gasteiger partial charge is 0.0693 e. The Kier molecular flexibility index (Phi) is 4.14. The van der Waals surface area contributed by atoms with Crippen LogP contribution in [0.25, 0.3) is 0 Å². The van der Waals surface area contributed by atoms with Crippen molar-refractivity contribution >= 4 is 11.8 Å². The van der Waals surface area contributed by atoms with E-state index in [-0.39, 0.29) is 6.10 Å². The number of hydrogen-bond acceptors (Lipinski definition) is 3. The summed E-state index contributed by atoms with van der Waals surface area (Å²) in [5, 5.41) is 13.3. The van der Waals surface area contributed by atoms with E-state index in [0.717, 1.165) is 18.9 Å². The lowest BCUT2D eigenvalue weighted by Gasteiger charge is -2.29. The highest BCUT2D eigenvalue weighted by Gasteiger charge is 2.24. The molecule has 2 aliphatic rings. The normalized spacial score (nSPS) is 38.8. The van der Waals surface area contributed by atoms with Gasteiger partial charge in [0.05, 0.1) is 6.10 Å². The molecule has 82 valence electrons. The average molecular weight is 215 g/mol. The molecule has 0 bridgehead atoms. The van der Waals surface area contributed by atoms with E-state index >= 15 is 0 Å². The SMILES string of the molecule is O[C@@H]1CCCC[C@H]1NCC1CCSC1. The molecule has 1 aliphatic heterocycles. The molecule has 3 atom stereocenters. The van der Waals surface area contributed by atoms with Gasteiger partial charge in [-0.2, -0.15) is 11.8 Å². The Morgan fingerprint density at radius 3 is 2.79 bits per heavy atom. The van der Waals surface area contributed by atoms with Crippen molar-refractivity contribution < 1.29 is 5.11 Å². The second-order valence-corrected chi connectivity index (χ2v) is 5.75. The molecule has 14 heavy (non-hydrogen) atoms. The van der Waals surface area contributed by atoms with Crippen molar-refractivity contribution in [3.63, 3.8) is 0 Å². The molecule has 2 rings (SSSR count). The van der Waals surface area contributed by atoms with E-state index in [4.69, 9.17) is 0 Å². The van der Waals surface area contributed by atoms with E-state index < -0.39 is 0 Å². The zero-order chi connectivity index (χ0) is 9.80. The fourth-order valence-electron chi connectivity index (χ4n) is 2.41. The number of aliphatic hydroxyl groups is 1. The van der Waals surface area contributed by atoms with E-state index in [2.05, 4.69) is 17.1 Å². The van der Waals surface area contributed by atoms with E-state index in [9.17, 15) is 5.11 Å². The maximum atomic E-state index is 9.78. The van der Waals surface area contributed by atoms with Crippen molar-refractivity contribution in [1.82, 2.24) is 5.32 Å². The first kappa shape index (κ1) is 10.8. The van der Waals surface area contributed by atoms with Gasteiger partial charge in [-0.3, -0.25) is 0 Å². The molecular formula is C11H21NOS. The Morgan fingerprint density at radius 2 is 2.07 bits per heavy atom. The summed E-state index contributed by atoms with van der Waals surface area (Å²) >= 11 is 2.07. The van der Waals surface area contributed by atoms with Gasteiger partial charge in [-0.15, -0.1) is 0 Å². The fourth-order valence-corrected chi connectivity index (χ4v) is 3.70. The lowest BCUT2D eigenvalue weighted by molar-refractivity contribution is 0.0894. The minimum atomic E-state index is -0.0854. The van der Waals surface area contributed by atoms with Gasteiger partial charge in [0.2, 0.25) is 0 Å². The van der Waals surface area contributed by atoms with Gasteiger partial charge in [0.1, 0.15) is 0 Å². The fraction of sp³-hybridized carbons (Fsp3) is 1.00. The summed E-state index contributed by atoms with van der Waals surface area (Å²) in [6.45, 7) is 1.12. The van der Waals surface area contributed by atoms with Crippen LogP contribution in [-0.2, 0) is 0 Å². The largest absolute Gasteiger partial charge is 0.392 e. The molecule has 0 aromatic carbocycles. The summed E-state index contributed by atoms with van der Waals surface area (Å²) in [6, 6.07) is 0.384. The molecule has 0 amide bonds. The molecule has 1 unspecified atom stereocenters. The summed E-state index contributed by atoms with van der Waals surface area (Å²) < 4.78 is 0. The maximum Gasteiger partial charge on any atom is 0.0693 e. The molecule has 2 fully saturated rings. The number of aliphatic hydroxyl groups excluding tert-OH is 1. The third kappa shape index (κ3) is 2.88. The number of rotatable bonds is 3. The Labute approximate surface area is 90.8 Å². The van der Waals surface area contributed by atoms with Crippen LogP contribution in [0, 0.1) is 5.92 Å². The van der Waals surface area contributed by atoms with Crippen molar-refractivity contribution in [3.05, 3.63) is 0 Å². The minimum Gasteiger partial charge on any atom is -0.392 e. The molecule has 1 saturated carbocycles. The lowest BCUT2D eigenvalue weighted by atomic mass is 9.92. The topological polar surface area (TPSA) is 32.3 Å². The third-order valence-electron chi connectivity index (χ3n) is 3.42. The Bertz CT molecular complexity index is 171. The second kappa shape index (κ2) is 5.38. The Balaban J connectivity index is 1.67. The van der Waals surface area contributed by atoms with Gasteiger partial charge in [0.25, 0.3) is 0 Å². The van der Waals surface area contributed by atoms with E-state index in [0.29, 0.717) is 6.04 Å². The van der Waals surface area contributed by atoms with E-state index in [1.54, 1.807) is 0 Å². The maximum absolute atomic E-state index is 9.78. The van der Waals surface area contributed by atoms with Gasteiger partial charge in [-0.1, -0.05) is 12.8 Å². The second-order valence-electron chi connectivity index (χ2n) is 4.60. The van der Waals surface area contributed by atoms with Crippen molar-refractivity contribution in [3.8, 4) is 0 Å². The summed E-state index contributed by atoms with van der Waals surface area (Å²) in [4.78, 5) is 0. The number of hydrogen-bond donors (Lipinski definition) is 2. The van der Waals surface area contributed by atoms with Crippen LogP contribution in [0.4, 0.5) is 0 Å². The number of thioether (sulfide) groups is 1. The van der Waals surface area contributed by atoms with Crippen LogP contribution < -0.4 is 5.32 Å². The van der Waals surface area contributed by atoms with E-state index in [1.165, 1.54) is 37.2 Å². The van der Waals surface area contributed by atoms with Crippen LogP contribution in [0.2, 0.25) is 0 Å². The standard InChI is InChI=1S/C11H21NOS/c13-11-4-2-1-3-10(11)12-7-9-5-6-14-8-9/h9-13H,1-8H2/t9?,10-,11-/m1/s1. The van der Waals surface area contributed by atoms with Crippen LogP contribution in [0.3, 0.4) is 0 Å². The van der Waals surface area contributed by atoms with Crippen molar-refractivity contribution in [2.24, 2.45) is 5.92 Å². The minimum absolute atomic E-state index is 0.0854. The number of nitrogens with one attached hydrogen (secondary N) is 1. The summed E-state index contributed by atoms with van der Waals surface area (Å²) in [7, 11) is 0. The summed E-state index contributed by atoms with van der Waals surface area (Å²) in [6.07, 6.45) is 5.93. The van der Waals surface area contributed by atoms with Gasteiger partial charge in [-0.25, -0.2) is 0 Å². The van der Waals surface area contributed by atoms with Crippen LogP contribution in [0.1, 0.15) is 32.1 Å². The van der Waals surface area contributed by atoms with Gasteiger partial charge in [0, 0.05) is 6.04 Å². The first-order chi connectivity index (χ1) is 6.86.